The van der Waals surface area contributed by atoms with Crippen LogP contribution in [0, 0.1) is 11.3 Å². The number of rotatable bonds is 9. The number of fused-ring (bicyclic) bond motifs is 6. The first-order valence-corrected chi connectivity index (χ1v) is 23.1. The van der Waals surface area contributed by atoms with Gasteiger partial charge in [0.1, 0.15) is 23.9 Å². The summed E-state index contributed by atoms with van der Waals surface area (Å²) in [4.78, 5) is 76.7. The standard InChI is InChI=1S/C50H66N8O8/c1-10-57-41-16-15-33-25-37(41)38(44(57)36-13-11-18-51-42(36)30(4)66-9)26-49(6,7)27-52-45(61)39-14-12-19-58(54-39)47(63)40(23-32-21-34(33)24-35(60)22-32)53-46(62)43(29(2)3)55(8)48(64)50(65)17-20-56(28-50)31(5)59/h11,13,15-16,18,21-22,24-25,29-30,39-40,43,54,60,65H,10,12,14,17,19-20,23,26-28H2,1-9H3,(H,52,61)(H,53,62)/t30-,39-,40-,43-,50+/m0/s1. The van der Waals surface area contributed by atoms with Crippen LogP contribution < -0.4 is 16.1 Å². The van der Waals surface area contributed by atoms with Gasteiger partial charge in [0.25, 0.3) is 11.8 Å². The highest BCUT2D eigenvalue weighted by Crippen LogP contribution is 2.42. The number of carbonyl (C=O) groups excluding carboxylic acids is 5. The van der Waals surface area contributed by atoms with Crippen LogP contribution in [0.3, 0.4) is 0 Å². The van der Waals surface area contributed by atoms with Gasteiger partial charge < -0.3 is 40.0 Å². The van der Waals surface area contributed by atoms with Crippen molar-refractivity contribution in [2.45, 2.75) is 117 Å². The first kappa shape index (κ1) is 48.1. The molecule has 4 aromatic rings. The number of carbonyl (C=O) groups is 5. The number of hydrogen-bond donors (Lipinski definition) is 5. The number of benzene rings is 2. The van der Waals surface area contributed by atoms with Crippen LogP contribution in [0.15, 0.2) is 54.7 Å². The quantitative estimate of drug-likeness (QED) is 0.160. The zero-order valence-corrected chi connectivity index (χ0v) is 39.7. The highest BCUT2D eigenvalue weighted by Gasteiger charge is 2.48. The minimum Gasteiger partial charge on any atom is -0.508 e. The van der Waals surface area contributed by atoms with E-state index in [0.29, 0.717) is 43.5 Å². The maximum absolute atomic E-state index is 14.7. The maximum atomic E-state index is 14.7. The summed E-state index contributed by atoms with van der Waals surface area (Å²) in [5, 5.41) is 31.3. The fraction of sp³-hybridized carbons (Fsp3) is 0.520. The van der Waals surface area contributed by atoms with Crippen molar-refractivity contribution < 1.29 is 38.9 Å². The Hall–Kier alpha value is -5.84. The number of hydrazine groups is 1. The summed E-state index contributed by atoms with van der Waals surface area (Å²) >= 11 is 0. The molecule has 3 aliphatic rings. The minimum atomic E-state index is -1.88. The average molecular weight is 907 g/mol. The number of phenols is 1. The molecule has 2 aromatic heterocycles. The van der Waals surface area contributed by atoms with Gasteiger partial charge in [0, 0.05) is 82.8 Å². The minimum absolute atomic E-state index is 0.0228. The lowest BCUT2D eigenvalue weighted by atomic mass is 9.83. The lowest BCUT2D eigenvalue weighted by Crippen LogP contribution is -2.63. The van der Waals surface area contributed by atoms with E-state index >= 15 is 0 Å². The van der Waals surface area contributed by atoms with E-state index in [2.05, 4.69) is 59.6 Å². The van der Waals surface area contributed by atoms with Gasteiger partial charge >= 0.3 is 0 Å². The monoisotopic (exact) mass is 907 g/mol. The van der Waals surface area contributed by atoms with Gasteiger partial charge in [-0.05, 0) is 103 Å². The van der Waals surface area contributed by atoms with Crippen molar-refractivity contribution in [3.8, 4) is 28.1 Å². The number of likely N-dealkylation sites (tertiary alicyclic amines) is 1. The van der Waals surface area contributed by atoms with E-state index in [0.717, 1.165) is 39.0 Å². The number of phenolic OH excluding ortho intramolecular Hbond substituents is 1. The number of aliphatic hydroxyl groups is 1. The molecule has 5 atom stereocenters. The molecule has 2 saturated heterocycles. The second kappa shape index (κ2) is 19.2. The zero-order valence-electron chi connectivity index (χ0n) is 39.7. The molecule has 0 radical (unpaired) electrons. The molecule has 354 valence electrons. The Bertz CT molecular complexity index is 2520. The number of aromatic nitrogens is 2. The molecule has 0 saturated carbocycles. The molecule has 66 heavy (non-hydrogen) atoms. The number of methoxy groups -OCH3 is 1. The lowest BCUT2D eigenvalue weighted by Gasteiger charge is -2.38. The molecular weight excluding hydrogens is 841 g/mol. The Morgan fingerprint density at radius 1 is 1.06 bits per heavy atom. The summed E-state index contributed by atoms with van der Waals surface area (Å²) in [6, 6.07) is 12.4. The number of likely N-dealkylation sites (N-methyl/N-ethyl adjacent to an activating group) is 1. The highest BCUT2D eigenvalue weighted by atomic mass is 16.5. The molecule has 7 rings (SSSR count). The second-order valence-corrected chi connectivity index (χ2v) is 19.5. The Morgan fingerprint density at radius 2 is 1.82 bits per heavy atom. The highest BCUT2D eigenvalue weighted by molar-refractivity contribution is 5.97. The van der Waals surface area contributed by atoms with Crippen molar-refractivity contribution in [1.82, 2.24) is 40.4 Å². The molecule has 0 spiro atoms. The smallest absolute Gasteiger partial charge is 0.259 e. The third kappa shape index (κ3) is 9.67. The number of nitrogens with one attached hydrogen (secondary N) is 3. The summed E-state index contributed by atoms with van der Waals surface area (Å²) in [5.41, 5.74) is 7.81. The second-order valence-electron chi connectivity index (χ2n) is 19.5. The lowest BCUT2D eigenvalue weighted by molar-refractivity contribution is -0.156. The van der Waals surface area contributed by atoms with Gasteiger partial charge in [-0.3, -0.25) is 34.0 Å². The third-order valence-electron chi connectivity index (χ3n) is 13.6. The molecule has 0 aliphatic carbocycles. The molecule has 16 nitrogen and oxygen atoms in total. The topological polar surface area (TPSA) is 199 Å². The SMILES string of the molecule is CCn1c(-c2cccnc2[C@H](C)OC)c2c3cc(ccc31)-c1cc(O)cc(c1)C[C@H](NC(=O)[C@H](C(C)C)N(C)C(=O)[C@@]1(O)CCN(C(C)=O)C1)C(=O)N1CCC[C@H](N1)C(=O)NCC(C)(C)C2. The van der Waals surface area contributed by atoms with Gasteiger partial charge in [0.2, 0.25) is 17.7 Å². The van der Waals surface area contributed by atoms with Gasteiger partial charge in [-0.25, -0.2) is 5.43 Å². The number of β-amino-alcohol motifs (C(OH)–C–C–N with tert-alkyl or cyclic N) is 1. The van der Waals surface area contributed by atoms with E-state index < -0.39 is 52.8 Å². The summed E-state index contributed by atoms with van der Waals surface area (Å²) in [7, 11) is 3.12. The summed E-state index contributed by atoms with van der Waals surface area (Å²) in [6.07, 6.45) is 3.07. The molecule has 5 heterocycles. The maximum Gasteiger partial charge on any atom is 0.259 e. The number of nitrogens with zero attached hydrogens (tertiary/aromatic N) is 5. The van der Waals surface area contributed by atoms with Gasteiger partial charge in [-0.15, -0.1) is 0 Å². The van der Waals surface area contributed by atoms with Crippen LogP contribution in [0.2, 0.25) is 0 Å². The number of amides is 5. The molecule has 5 N–H and O–H groups in total. The van der Waals surface area contributed by atoms with Crippen molar-refractivity contribution in [1.29, 1.82) is 0 Å². The molecular formula is C50H66N8O8. The van der Waals surface area contributed by atoms with Crippen LogP contribution >= 0.6 is 0 Å². The Balaban J connectivity index is 1.32. The van der Waals surface area contributed by atoms with Crippen molar-refractivity contribution in [2.75, 3.05) is 40.3 Å². The van der Waals surface area contributed by atoms with Gasteiger partial charge in [-0.2, -0.15) is 0 Å². The predicted molar refractivity (Wildman–Crippen MR) is 251 cm³/mol. The van der Waals surface area contributed by atoms with Crippen molar-refractivity contribution >= 4 is 40.4 Å². The molecule has 3 aliphatic heterocycles. The number of ether oxygens (including phenoxy) is 1. The number of pyridine rings is 1. The van der Waals surface area contributed by atoms with Crippen molar-refractivity contribution in [3.63, 3.8) is 0 Å². The van der Waals surface area contributed by atoms with E-state index in [1.807, 2.05) is 25.1 Å². The van der Waals surface area contributed by atoms with E-state index in [4.69, 9.17) is 9.72 Å². The van der Waals surface area contributed by atoms with Crippen LogP contribution in [-0.2, 0) is 48.1 Å². The first-order chi connectivity index (χ1) is 31.2. The Morgan fingerprint density at radius 3 is 2.50 bits per heavy atom. The van der Waals surface area contributed by atoms with E-state index in [-0.39, 0.29) is 56.1 Å². The molecule has 0 unspecified atom stereocenters. The predicted octanol–water partition coefficient (Wildman–Crippen LogP) is 4.49. The summed E-state index contributed by atoms with van der Waals surface area (Å²) in [5.74, 6) is -2.81. The van der Waals surface area contributed by atoms with Crippen LogP contribution in [0.1, 0.15) is 90.7 Å². The molecule has 2 fully saturated rings. The first-order valence-electron chi connectivity index (χ1n) is 23.1. The van der Waals surface area contributed by atoms with Crippen LogP contribution in [0.5, 0.6) is 5.75 Å². The van der Waals surface area contributed by atoms with Gasteiger partial charge in [0.05, 0.1) is 24.0 Å². The number of aromatic hydroxyl groups is 1. The largest absolute Gasteiger partial charge is 0.508 e. The molecule has 2 aromatic carbocycles. The zero-order chi connectivity index (χ0) is 47.8. The van der Waals surface area contributed by atoms with E-state index in [9.17, 15) is 34.2 Å². The van der Waals surface area contributed by atoms with Crippen LogP contribution in [0.25, 0.3) is 33.3 Å². The number of aryl methyl sites for hydroxylation is 1. The van der Waals surface area contributed by atoms with E-state index in [1.165, 1.54) is 28.8 Å². The van der Waals surface area contributed by atoms with Gasteiger partial charge in [-0.1, -0.05) is 39.8 Å². The Labute approximate surface area is 387 Å². The number of hydrogen-bond acceptors (Lipinski definition) is 10. The van der Waals surface area contributed by atoms with Crippen LogP contribution in [-0.4, -0.2) is 128 Å². The third-order valence-corrected chi connectivity index (χ3v) is 13.6. The van der Waals surface area contributed by atoms with Gasteiger partial charge in [0.15, 0.2) is 5.60 Å². The average Bonchev–Trinajstić information content (AvgIpc) is 3.84. The van der Waals surface area contributed by atoms with E-state index in [1.54, 1.807) is 39.3 Å². The fourth-order valence-corrected chi connectivity index (χ4v) is 10.1. The van der Waals surface area contributed by atoms with Crippen LogP contribution in [0.4, 0.5) is 0 Å². The normalized spacial score (nSPS) is 22.2. The summed E-state index contributed by atoms with van der Waals surface area (Å²) < 4.78 is 8.11. The van der Waals surface area contributed by atoms with Crippen molar-refractivity contribution in [3.05, 3.63) is 71.5 Å². The fourth-order valence-electron chi connectivity index (χ4n) is 10.1. The summed E-state index contributed by atoms with van der Waals surface area (Å²) in [6.45, 7) is 14.6. The molecule has 16 heteroatoms. The Kier molecular flexibility index (Phi) is 14.0. The molecule has 6 bridgehead atoms. The molecule has 5 amide bonds. The van der Waals surface area contributed by atoms with Crippen molar-refractivity contribution in [2.24, 2.45) is 11.3 Å².